The topological polar surface area (TPSA) is 79.2 Å². The number of hydrogen-bond donors (Lipinski definition) is 3. The summed E-state index contributed by atoms with van der Waals surface area (Å²) < 4.78 is 10.8. The van der Waals surface area contributed by atoms with E-state index in [4.69, 9.17) is 14.6 Å². The number of rotatable bonds is 3. The number of aliphatic hydroxyl groups excluding tert-OH is 3. The number of hydrogen-bond acceptors (Lipinski definition) is 5. The quantitative estimate of drug-likeness (QED) is 0.572. The van der Waals surface area contributed by atoms with Crippen molar-refractivity contribution in [3.63, 3.8) is 0 Å². The van der Waals surface area contributed by atoms with Crippen molar-refractivity contribution >= 4 is 0 Å². The Hall–Kier alpha value is -0.460. The van der Waals surface area contributed by atoms with Crippen molar-refractivity contribution < 1.29 is 24.8 Å². The van der Waals surface area contributed by atoms with Gasteiger partial charge in [0.25, 0.3) is 0 Å². The highest BCUT2D eigenvalue weighted by Gasteiger charge is 2.43. The fourth-order valence-corrected chi connectivity index (χ4v) is 2.04. The Morgan fingerprint density at radius 1 is 1.31 bits per heavy atom. The van der Waals surface area contributed by atoms with Gasteiger partial charge in [0.2, 0.25) is 0 Å². The summed E-state index contributed by atoms with van der Waals surface area (Å²) in [4.78, 5) is 0. The van der Waals surface area contributed by atoms with Crippen molar-refractivity contribution in [3.05, 3.63) is 12.2 Å². The molecule has 0 saturated carbocycles. The molecule has 0 amide bonds. The Morgan fingerprint density at radius 3 is 2.69 bits per heavy atom. The first-order chi connectivity index (χ1) is 7.72. The van der Waals surface area contributed by atoms with Gasteiger partial charge < -0.3 is 24.8 Å². The Morgan fingerprint density at radius 2 is 2.12 bits per heavy atom. The van der Waals surface area contributed by atoms with E-state index >= 15 is 0 Å². The van der Waals surface area contributed by atoms with Crippen LogP contribution in [0.1, 0.15) is 19.3 Å². The lowest BCUT2D eigenvalue weighted by atomic mass is 10.1. The van der Waals surface area contributed by atoms with Crippen molar-refractivity contribution in [2.75, 3.05) is 6.61 Å². The van der Waals surface area contributed by atoms with Crippen molar-refractivity contribution in [2.45, 2.75) is 50.0 Å². The Bertz CT molecular complexity index is 255. The first-order valence-corrected chi connectivity index (χ1v) is 5.67. The zero-order valence-electron chi connectivity index (χ0n) is 9.03. The molecule has 1 unspecified atom stereocenters. The minimum Gasteiger partial charge on any atom is -0.394 e. The molecule has 5 heteroatoms. The summed E-state index contributed by atoms with van der Waals surface area (Å²) in [7, 11) is 0. The molecule has 0 aromatic rings. The lowest BCUT2D eigenvalue weighted by Crippen LogP contribution is -2.36. The predicted molar refractivity (Wildman–Crippen MR) is 55.6 cm³/mol. The summed E-state index contributed by atoms with van der Waals surface area (Å²) in [6.07, 6.45) is 3.13. The summed E-state index contributed by atoms with van der Waals surface area (Å²) in [6, 6.07) is 0. The molecular formula is C11H18O5. The molecule has 0 aromatic heterocycles. The second-order valence-electron chi connectivity index (χ2n) is 4.24. The van der Waals surface area contributed by atoms with E-state index in [9.17, 15) is 10.2 Å². The SMILES string of the molecule is OC[C@H]1O[C@@H](OC2C=CCCC2)[C@H](O)[C@@H]1O. The maximum atomic E-state index is 9.65. The van der Waals surface area contributed by atoms with Gasteiger partial charge >= 0.3 is 0 Å². The molecule has 5 nitrogen and oxygen atoms in total. The third-order valence-corrected chi connectivity index (χ3v) is 3.02. The zero-order chi connectivity index (χ0) is 11.5. The molecule has 0 radical (unpaired) electrons. The van der Waals surface area contributed by atoms with E-state index in [0.29, 0.717) is 0 Å². The van der Waals surface area contributed by atoms with Gasteiger partial charge in [0.1, 0.15) is 18.3 Å². The van der Waals surface area contributed by atoms with Gasteiger partial charge in [-0.2, -0.15) is 0 Å². The Labute approximate surface area is 94.3 Å². The summed E-state index contributed by atoms with van der Waals surface area (Å²) in [5.41, 5.74) is 0. The molecule has 1 heterocycles. The summed E-state index contributed by atoms with van der Waals surface area (Å²) in [6.45, 7) is -0.321. The van der Waals surface area contributed by atoms with Gasteiger partial charge in [0.15, 0.2) is 6.29 Å². The van der Waals surface area contributed by atoms with Crippen LogP contribution in [0.25, 0.3) is 0 Å². The van der Waals surface area contributed by atoms with Gasteiger partial charge in [0.05, 0.1) is 12.7 Å². The third kappa shape index (κ3) is 2.44. The van der Waals surface area contributed by atoms with Gasteiger partial charge in [-0.15, -0.1) is 0 Å². The number of aliphatic hydroxyl groups is 3. The molecule has 2 aliphatic rings. The molecule has 2 rings (SSSR count). The smallest absolute Gasteiger partial charge is 0.187 e. The average molecular weight is 230 g/mol. The normalized spacial score (nSPS) is 43.8. The van der Waals surface area contributed by atoms with Crippen LogP contribution in [-0.4, -0.2) is 52.6 Å². The van der Waals surface area contributed by atoms with Crippen LogP contribution in [0.5, 0.6) is 0 Å². The fourth-order valence-electron chi connectivity index (χ4n) is 2.04. The first kappa shape index (κ1) is 12.0. The van der Waals surface area contributed by atoms with Crippen LogP contribution in [0.4, 0.5) is 0 Å². The van der Waals surface area contributed by atoms with E-state index < -0.39 is 24.6 Å². The van der Waals surface area contributed by atoms with E-state index in [1.807, 2.05) is 12.2 Å². The number of ether oxygens (including phenoxy) is 2. The Balaban J connectivity index is 1.90. The largest absolute Gasteiger partial charge is 0.394 e. The van der Waals surface area contributed by atoms with Crippen LogP contribution in [0.3, 0.4) is 0 Å². The Kier molecular flexibility index (Phi) is 3.94. The molecule has 92 valence electrons. The molecule has 3 N–H and O–H groups in total. The molecule has 0 aromatic carbocycles. The van der Waals surface area contributed by atoms with Crippen molar-refractivity contribution in [2.24, 2.45) is 0 Å². The second kappa shape index (κ2) is 5.25. The minimum atomic E-state index is -1.09. The van der Waals surface area contributed by atoms with Gasteiger partial charge in [-0.25, -0.2) is 0 Å². The highest BCUT2D eigenvalue weighted by Crippen LogP contribution is 2.25. The molecule has 16 heavy (non-hydrogen) atoms. The van der Waals surface area contributed by atoms with Crippen molar-refractivity contribution in [1.82, 2.24) is 0 Å². The lowest BCUT2D eigenvalue weighted by molar-refractivity contribution is -0.186. The third-order valence-electron chi connectivity index (χ3n) is 3.02. The van der Waals surface area contributed by atoms with E-state index in [1.54, 1.807) is 0 Å². The molecule has 0 spiro atoms. The van der Waals surface area contributed by atoms with Crippen LogP contribution in [-0.2, 0) is 9.47 Å². The predicted octanol–water partition coefficient (Wildman–Crippen LogP) is -0.449. The van der Waals surface area contributed by atoms with Gasteiger partial charge in [-0.1, -0.05) is 12.2 Å². The highest BCUT2D eigenvalue weighted by molar-refractivity contribution is 4.95. The minimum absolute atomic E-state index is 0.0713. The number of allylic oxidation sites excluding steroid dienone is 1. The molecule has 1 aliphatic heterocycles. The summed E-state index contributed by atoms with van der Waals surface area (Å²) in [5, 5.41) is 28.1. The summed E-state index contributed by atoms with van der Waals surface area (Å²) in [5.74, 6) is 0. The van der Waals surface area contributed by atoms with E-state index in [1.165, 1.54) is 0 Å². The molecule has 0 bridgehead atoms. The van der Waals surface area contributed by atoms with Crippen LogP contribution in [0, 0.1) is 0 Å². The zero-order valence-corrected chi connectivity index (χ0v) is 9.03. The molecule has 1 aliphatic carbocycles. The van der Waals surface area contributed by atoms with Gasteiger partial charge in [-0.05, 0) is 19.3 Å². The molecule has 5 atom stereocenters. The second-order valence-corrected chi connectivity index (χ2v) is 4.24. The van der Waals surface area contributed by atoms with Crippen LogP contribution < -0.4 is 0 Å². The standard InChI is InChI=1S/C11H18O5/c12-6-8-9(13)10(14)11(16-8)15-7-4-2-1-3-5-7/h2,4,7-14H,1,3,5-6H2/t7?,8-,9-,10-,11-/m1/s1. The monoisotopic (exact) mass is 230 g/mol. The molecule has 1 saturated heterocycles. The van der Waals surface area contributed by atoms with E-state index in [2.05, 4.69) is 0 Å². The lowest BCUT2D eigenvalue weighted by Gasteiger charge is -2.23. The maximum absolute atomic E-state index is 9.65. The highest BCUT2D eigenvalue weighted by atomic mass is 16.7. The molecule has 1 fully saturated rings. The van der Waals surface area contributed by atoms with Crippen LogP contribution in [0.15, 0.2) is 12.2 Å². The van der Waals surface area contributed by atoms with Crippen LogP contribution in [0.2, 0.25) is 0 Å². The molecular weight excluding hydrogens is 212 g/mol. The first-order valence-electron chi connectivity index (χ1n) is 5.67. The van der Waals surface area contributed by atoms with Crippen molar-refractivity contribution in [1.29, 1.82) is 0 Å². The van der Waals surface area contributed by atoms with E-state index in [-0.39, 0.29) is 12.7 Å². The van der Waals surface area contributed by atoms with Crippen LogP contribution >= 0.6 is 0 Å². The van der Waals surface area contributed by atoms with E-state index in [0.717, 1.165) is 19.3 Å². The van der Waals surface area contributed by atoms with Crippen molar-refractivity contribution in [3.8, 4) is 0 Å². The van der Waals surface area contributed by atoms with Gasteiger partial charge in [0, 0.05) is 0 Å². The van der Waals surface area contributed by atoms with Gasteiger partial charge in [-0.3, -0.25) is 0 Å². The fraction of sp³-hybridized carbons (Fsp3) is 0.818. The maximum Gasteiger partial charge on any atom is 0.187 e. The average Bonchev–Trinajstić information content (AvgIpc) is 2.58. The summed E-state index contributed by atoms with van der Waals surface area (Å²) >= 11 is 0.